The zero-order valence-corrected chi connectivity index (χ0v) is 11.1. The molecule has 1 fully saturated rings. The maximum Gasteiger partial charge on any atom is 0.232 e. The van der Waals surface area contributed by atoms with Crippen molar-refractivity contribution in [2.45, 2.75) is 26.3 Å². The summed E-state index contributed by atoms with van der Waals surface area (Å²) >= 11 is 1.74. The fraction of sp³-hybridized carbons (Fsp3) is 0.900. The van der Waals surface area contributed by atoms with E-state index in [0.717, 1.165) is 31.8 Å². The summed E-state index contributed by atoms with van der Waals surface area (Å²) in [7, 11) is 0. The molecule has 0 bridgehead atoms. The van der Waals surface area contributed by atoms with Crippen molar-refractivity contribution in [1.29, 1.82) is 0 Å². The molecule has 5 heteroatoms. The first-order valence-electron chi connectivity index (χ1n) is 5.33. The van der Waals surface area contributed by atoms with Crippen LogP contribution in [-0.2, 0) is 4.79 Å². The van der Waals surface area contributed by atoms with E-state index in [-0.39, 0.29) is 12.4 Å². The monoisotopic (exact) mass is 252 g/mol. The molecule has 1 saturated heterocycles. The molecule has 1 amide bonds. The van der Waals surface area contributed by atoms with Crippen LogP contribution in [0.3, 0.4) is 0 Å². The van der Waals surface area contributed by atoms with Crippen molar-refractivity contribution in [2.24, 2.45) is 0 Å². The highest BCUT2D eigenvalue weighted by atomic mass is 35.5. The highest BCUT2D eigenvalue weighted by Crippen LogP contribution is 2.06. The van der Waals surface area contributed by atoms with E-state index in [4.69, 9.17) is 0 Å². The van der Waals surface area contributed by atoms with E-state index in [0.29, 0.717) is 17.7 Å². The first-order valence-corrected chi connectivity index (χ1v) is 6.48. The van der Waals surface area contributed by atoms with Crippen molar-refractivity contribution < 1.29 is 4.79 Å². The second-order valence-electron chi connectivity index (χ2n) is 3.75. The zero-order chi connectivity index (χ0) is 10.4. The van der Waals surface area contributed by atoms with Crippen LogP contribution in [0.5, 0.6) is 0 Å². The Morgan fingerprint density at radius 2 is 2.33 bits per heavy atom. The molecule has 0 aromatic carbocycles. The van der Waals surface area contributed by atoms with E-state index in [1.807, 2.05) is 4.90 Å². The lowest BCUT2D eigenvalue weighted by molar-refractivity contribution is -0.129. The first kappa shape index (κ1) is 15.1. The minimum absolute atomic E-state index is 0. The van der Waals surface area contributed by atoms with Gasteiger partial charge in [0.15, 0.2) is 0 Å². The molecule has 0 aromatic rings. The SMILES string of the molecule is CCCSCC(=O)N1CCN[C@H](C)C1.Cl. The second-order valence-corrected chi connectivity index (χ2v) is 4.85. The predicted molar refractivity (Wildman–Crippen MR) is 68.9 cm³/mol. The molecule has 90 valence electrons. The van der Waals surface area contributed by atoms with Gasteiger partial charge in [-0.05, 0) is 19.1 Å². The third kappa shape index (κ3) is 5.64. The molecule has 1 N–H and O–H groups in total. The van der Waals surface area contributed by atoms with Gasteiger partial charge in [-0.2, -0.15) is 11.8 Å². The Kier molecular flexibility index (Phi) is 8.29. The maximum atomic E-state index is 11.7. The number of rotatable bonds is 4. The van der Waals surface area contributed by atoms with Gasteiger partial charge >= 0.3 is 0 Å². The number of nitrogens with zero attached hydrogens (tertiary/aromatic N) is 1. The van der Waals surface area contributed by atoms with E-state index in [1.165, 1.54) is 0 Å². The van der Waals surface area contributed by atoms with Crippen LogP contribution in [0.4, 0.5) is 0 Å². The minimum atomic E-state index is 0. The molecular weight excluding hydrogens is 232 g/mol. The van der Waals surface area contributed by atoms with Crippen LogP contribution < -0.4 is 5.32 Å². The van der Waals surface area contributed by atoms with Crippen molar-refractivity contribution in [2.75, 3.05) is 31.1 Å². The third-order valence-electron chi connectivity index (χ3n) is 2.30. The zero-order valence-electron chi connectivity index (χ0n) is 9.49. The topological polar surface area (TPSA) is 32.3 Å². The van der Waals surface area contributed by atoms with Crippen molar-refractivity contribution in [1.82, 2.24) is 10.2 Å². The Balaban J connectivity index is 0.00000196. The summed E-state index contributed by atoms with van der Waals surface area (Å²) in [5.41, 5.74) is 0. The molecule has 0 spiro atoms. The molecule has 0 saturated carbocycles. The van der Waals surface area contributed by atoms with Crippen LogP contribution >= 0.6 is 24.2 Å². The molecule has 3 nitrogen and oxygen atoms in total. The number of hydrogen-bond acceptors (Lipinski definition) is 3. The molecule has 1 atom stereocenters. The number of carbonyl (C=O) groups excluding carboxylic acids is 1. The van der Waals surface area contributed by atoms with E-state index in [2.05, 4.69) is 19.2 Å². The molecule has 1 aliphatic heterocycles. The molecular formula is C10H21ClN2OS. The third-order valence-corrected chi connectivity index (χ3v) is 3.44. The van der Waals surface area contributed by atoms with Gasteiger partial charge in [-0.1, -0.05) is 6.92 Å². The lowest BCUT2D eigenvalue weighted by Crippen LogP contribution is -2.51. The Hall–Kier alpha value is 0.0700. The summed E-state index contributed by atoms with van der Waals surface area (Å²) < 4.78 is 0. The summed E-state index contributed by atoms with van der Waals surface area (Å²) in [4.78, 5) is 13.7. The summed E-state index contributed by atoms with van der Waals surface area (Å²) in [5, 5.41) is 3.33. The van der Waals surface area contributed by atoms with Gasteiger partial charge in [-0.15, -0.1) is 12.4 Å². The summed E-state index contributed by atoms with van der Waals surface area (Å²) in [6.45, 7) is 6.94. The first-order chi connectivity index (χ1) is 6.74. The number of thioether (sulfide) groups is 1. The molecule has 0 radical (unpaired) electrons. The van der Waals surface area contributed by atoms with Gasteiger partial charge in [-0.25, -0.2) is 0 Å². The quantitative estimate of drug-likeness (QED) is 0.768. The summed E-state index contributed by atoms with van der Waals surface area (Å²) in [6, 6.07) is 0.448. The van der Waals surface area contributed by atoms with Gasteiger partial charge in [0.1, 0.15) is 0 Å². The fourth-order valence-corrected chi connectivity index (χ4v) is 2.34. The molecule has 1 rings (SSSR count). The summed E-state index contributed by atoms with van der Waals surface area (Å²) in [6.07, 6.45) is 1.15. The van der Waals surface area contributed by atoms with Crippen LogP contribution in [0.1, 0.15) is 20.3 Å². The average Bonchev–Trinajstić information content (AvgIpc) is 2.18. The van der Waals surface area contributed by atoms with Crippen LogP contribution in [0.15, 0.2) is 0 Å². The van der Waals surface area contributed by atoms with Gasteiger partial charge < -0.3 is 10.2 Å². The number of nitrogens with one attached hydrogen (secondary N) is 1. The van der Waals surface area contributed by atoms with E-state index in [9.17, 15) is 4.79 Å². The molecule has 0 unspecified atom stereocenters. The molecule has 0 aliphatic carbocycles. The van der Waals surface area contributed by atoms with Crippen LogP contribution in [-0.4, -0.2) is 48.0 Å². The average molecular weight is 253 g/mol. The lowest BCUT2D eigenvalue weighted by atomic mass is 10.2. The van der Waals surface area contributed by atoms with Gasteiger partial charge in [-0.3, -0.25) is 4.79 Å². The lowest BCUT2D eigenvalue weighted by Gasteiger charge is -2.31. The number of carbonyl (C=O) groups is 1. The van der Waals surface area contributed by atoms with E-state index < -0.39 is 0 Å². The second kappa shape index (κ2) is 8.25. The largest absolute Gasteiger partial charge is 0.339 e. The fourth-order valence-electron chi connectivity index (χ4n) is 1.55. The van der Waals surface area contributed by atoms with Crippen molar-refractivity contribution in [3.05, 3.63) is 0 Å². The Bertz CT molecular complexity index is 192. The smallest absolute Gasteiger partial charge is 0.232 e. The highest BCUT2D eigenvalue weighted by Gasteiger charge is 2.19. The summed E-state index contributed by atoms with van der Waals surface area (Å²) in [5.74, 6) is 2.05. The van der Waals surface area contributed by atoms with Crippen molar-refractivity contribution in [3.63, 3.8) is 0 Å². The standard InChI is InChI=1S/C10H20N2OS.ClH/c1-3-6-14-8-10(13)12-5-4-11-9(2)7-12;/h9,11H,3-8H2,1-2H3;1H/t9-;/m1./s1. The van der Waals surface area contributed by atoms with Crippen LogP contribution in [0.25, 0.3) is 0 Å². The van der Waals surface area contributed by atoms with Gasteiger partial charge in [0.05, 0.1) is 5.75 Å². The number of hydrogen-bond donors (Lipinski definition) is 1. The van der Waals surface area contributed by atoms with E-state index in [1.54, 1.807) is 11.8 Å². The molecule has 0 aromatic heterocycles. The predicted octanol–water partition coefficient (Wildman–Crippen LogP) is 1.37. The normalized spacial score (nSPS) is 20.9. The molecule has 1 heterocycles. The number of halogens is 1. The van der Waals surface area contributed by atoms with E-state index >= 15 is 0 Å². The van der Waals surface area contributed by atoms with Gasteiger partial charge in [0.25, 0.3) is 0 Å². The maximum absolute atomic E-state index is 11.7. The number of piperazine rings is 1. The molecule has 15 heavy (non-hydrogen) atoms. The van der Waals surface area contributed by atoms with Gasteiger partial charge in [0.2, 0.25) is 5.91 Å². The van der Waals surface area contributed by atoms with Crippen molar-refractivity contribution >= 4 is 30.1 Å². The highest BCUT2D eigenvalue weighted by molar-refractivity contribution is 7.99. The Morgan fingerprint density at radius 1 is 1.60 bits per heavy atom. The number of amides is 1. The Labute approximate surface area is 103 Å². The Morgan fingerprint density at radius 3 is 2.93 bits per heavy atom. The van der Waals surface area contributed by atoms with Crippen LogP contribution in [0.2, 0.25) is 0 Å². The molecule has 1 aliphatic rings. The minimum Gasteiger partial charge on any atom is -0.339 e. The van der Waals surface area contributed by atoms with Gasteiger partial charge in [0, 0.05) is 25.7 Å². The van der Waals surface area contributed by atoms with Crippen molar-refractivity contribution in [3.8, 4) is 0 Å². The van der Waals surface area contributed by atoms with Crippen LogP contribution in [0, 0.1) is 0 Å².